The van der Waals surface area contributed by atoms with Crippen LogP contribution in [0.15, 0.2) is 36.6 Å². The second kappa shape index (κ2) is 2.67. The molecule has 62 valence electrons. The molecule has 0 spiro atoms. The molecular weight excluding hydrogens is 226 g/mol. The van der Waals surface area contributed by atoms with Gasteiger partial charge in [0.05, 0.1) is 6.07 Å². The number of halogens is 1. The van der Waals surface area contributed by atoms with Gasteiger partial charge in [0, 0.05) is 0 Å². The zero-order valence-electron chi connectivity index (χ0n) is 5.83. The number of aromatic amines is 1. The van der Waals surface area contributed by atoms with Gasteiger partial charge < -0.3 is 8.94 Å². The first-order chi connectivity index (χ1) is 5.75. The standard InChI is InChI=1S/C7H4BrNO3/c8-6-2-1-5(11-6)4-3-7(10)12-9-4/h1-3,9H. The predicted molar refractivity (Wildman–Crippen MR) is 44.7 cm³/mol. The average molecular weight is 230 g/mol. The van der Waals surface area contributed by atoms with Crippen LogP contribution >= 0.6 is 15.9 Å². The maximum atomic E-state index is 10.6. The number of hydrogen-bond acceptors (Lipinski definition) is 3. The molecule has 2 aromatic rings. The summed E-state index contributed by atoms with van der Waals surface area (Å²) in [7, 11) is 0. The third-order valence-electron chi connectivity index (χ3n) is 1.36. The van der Waals surface area contributed by atoms with Gasteiger partial charge in [0.15, 0.2) is 10.4 Å². The SMILES string of the molecule is O=c1cc(-c2ccc(Br)o2)[nH]o1. The van der Waals surface area contributed by atoms with Gasteiger partial charge in [-0.1, -0.05) is 0 Å². The summed E-state index contributed by atoms with van der Waals surface area (Å²) in [6.45, 7) is 0. The fourth-order valence-electron chi connectivity index (χ4n) is 0.863. The summed E-state index contributed by atoms with van der Waals surface area (Å²) in [6, 6.07) is 4.79. The summed E-state index contributed by atoms with van der Waals surface area (Å²) >= 11 is 3.15. The Bertz CT molecular complexity index is 439. The molecule has 0 amide bonds. The summed E-state index contributed by atoms with van der Waals surface area (Å²) in [5, 5.41) is 2.43. The fraction of sp³-hybridized carbons (Fsp3) is 0. The van der Waals surface area contributed by atoms with Gasteiger partial charge in [0.2, 0.25) is 0 Å². The van der Waals surface area contributed by atoms with E-state index in [9.17, 15) is 4.79 Å². The molecule has 1 N–H and O–H groups in total. The van der Waals surface area contributed by atoms with Crippen LogP contribution in [0.5, 0.6) is 0 Å². The number of rotatable bonds is 1. The van der Waals surface area contributed by atoms with E-state index in [-0.39, 0.29) is 0 Å². The van der Waals surface area contributed by atoms with E-state index in [4.69, 9.17) is 4.42 Å². The summed E-state index contributed by atoms with van der Waals surface area (Å²) < 4.78 is 10.3. The third-order valence-corrected chi connectivity index (χ3v) is 1.79. The quantitative estimate of drug-likeness (QED) is 0.814. The first-order valence-electron chi connectivity index (χ1n) is 3.20. The van der Waals surface area contributed by atoms with Crippen molar-refractivity contribution in [1.82, 2.24) is 5.16 Å². The van der Waals surface area contributed by atoms with Crippen molar-refractivity contribution in [2.75, 3.05) is 0 Å². The highest BCUT2D eigenvalue weighted by Gasteiger charge is 2.05. The fourth-order valence-corrected chi connectivity index (χ4v) is 1.17. The van der Waals surface area contributed by atoms with E-state index in [0.717, 1.165) is 0 Å². The maximum Gasteiger partial charge on any atom is 0.358 e. The van der Waals surface area contributed by atoms with E-state index in [1.54, 1.807) is 12.1 Å². The highest BCUT2D eigenvalue weighted by molar-refractivity contribution is 9.10. The largest absolute Gasteiger partial charge is 0.448 e. The minimum Gasteiger partial charge on any atom is -0.448 e. The second-order valence-electron chi connectivity index (χ2n) is 2.18. The normalized spacial score (nSPS) is 10.4. The first kappa shape index (κ1) is 7.42. The molecule has 0 atom stereocenters. The molecule has 12 heavy (non-hydrogen) atoms. The van der Waals surface area contributed by atoms with Crippen molar-refractivity contribution < 1.29 is 8.94 Å². The molecule has 0 bridgehead atoms. The molecule has 4 nitrogen and oxygen atoms in total. The number of aromatic nitrogens is 1. The van der Waals surface area contributed by atoms with Crippen LogP contribution in [0.25, 0.3) is 11.5 Å². The Morgan fingerprint density at radius 3 is 2.75 bits per heavy atom. The van der Waals surface area contributed by atoms with Crippen molar-refractivity contribution in [3.63, 3.8) is 0 Å². The van der Waals surface area contributed by atoms with Crippen LogP contribution < -0.4 is 5.63 Å². The average Bonchev–Trinajstić information content (AvgIpc) is 2.58. The Kier molecular flexibility index (Phi) is 1.65. The number of nitrogens with one attached hydrogen (secondary N) is 1. The van der Waals surface area contributed by atoms with E-state index in [1.807, 2.05) is 0 Å². The van der Waals surface area contributed by atoms with Gasteiger partial charge in [-0.2, -0.15) is 0 Å². The molecular formula is C7H4BrNO3. The van der Waals surface area contributed by atoms with E-state index in [0.29, 0.717) is 16.1 Å². The lowest BCUT2D eigenvalue weighted by Gasteiger charge is -1.85. The molecule has 0 unspecified atom stereocenters. The molecule has 0 aliphatic rings. The Hall–Kier alpha value is -1.23. The van der Waals surface area contributed by atoms with E-state index in [1.165, 1.54) is 6.07 Å². The molecule has 0 aliphatic heterocycles. The van der Waals surface area contributed by atoms with Gasteiger partial charge in [-0.15, -0.1) is 0 Å². The predicted octanol–water partition coefficient (Wildman–Crippen LogP) is 1.99. The van der Waals surface area contributed by atoms with Gasteiger partial charge in [0.25, 0.3) is 0 Å². The molecule has 0 saturated heterocycles. The minimum absolute atomic E-state index is 0.419. The van der Waals surface area contributed by atoms with Crippen molar-refractivity contribution in [1.29, 1.82) is 0 Å². The highest BCUT2D eigenvalue weighted by atomic mass is 79.9. The Morgan fingerprint density at radius 2 is 2.25 bits per heavy atom. The zero-order chi connectivity index (χ0) is 8.55. The van der Waals surface area contributed by atoms with Crippen LogP contribution in [-0.2, 0) is 0 Å². The Balaban J connectivity index is 2.50. The van der Waals surface area contributed by atoms with E-state index in [2.05, 4.69) is 25.6 Å². The van der Waals surface area contributed by atoms with Gasteiger partial charge in [-0.05, 0) is 28.1 Å². The van der Waals surface area contributed by atoms with Gasteiger partial charge >= 0.3 is 5.63 Å². The lowest BCUT2D eigenvalue weighted by atomic mass is 10.3. The van der Waals surface area contributed by atoms with Crippen LogP contribution in [0.4, 0.5) is 0 Å². The molecule has 2 heterocycles. The summed E-state index contributed by atoms with van der Waals surface area (Å²) in [5.74, 6) is 0.563. The molecule has 2 rings (SSSR count). The Labute approximate surface area is 75.3 Å². The van der Waals surface area contributed by atoms with E-state index < -0.39 is 5.63 Å². The van der Waals surface area contributed by atoms with Crippen LogP contribution in [0.2, 0.25) is 0 Å². The van der Waals surface area contributed by atoms with Gasteiger partial charge in [0.1, 0.15) is 5.69 Å². The van der Waals surface area contributed by atoms with Crippen LogP contribution in [-0.4, -0.2) is 5.16 Å². The van der Waals surface area contributed by atoms with Crippen molar-refractivity contribution in [2.24, 2.45) is 0 Å². The van der Waals surface area contributed by atoms with Crippen molar-refractivity contribution in [3.8, 4) is 11.5 Å². The molecule has 0 saturated carbocycles. The van der Waals surface area contributed by atoms with Crippen LogP contribution in [0.3, 0.4) is 0 Å². The van der Waals surface area contributed by atoms with Crippen molar-refractivity contribution in [2.45, 2.75) is 0 Å². The highest BCUT2D eigenvalue weighted by Crippen LogP contribution is 2.22. The number of H-pyrrole nitrogens is 1. The second-order valence-corrected chi connectivity index (χ2v) is 2.97. The minimum atomic E-state index is -0.419. The number of furan rings is 1. The van der Waals surface area contributed by atoms with Gasteiger partial charge in [-0.3, -0.25) is 0 Å². The third kappa shape index (κ3) is 1.23. The molecule has 0 fully saturated rings. The smallest absolute Gasteiger partial charge is 0.358 e. The van der Waals surface area contributed by atoms with Crippen LogP contribution in [0, 0.1) is 0 Å². The van der Waals surface area contributed by atoms with Crippen LogP contribution in [0.1, 0.15) is 0 Å². The monoisotopic (exact) mass is 229 g/mol. The zero-order valence-corrected chi connectivity index (χ0v) is 7.42. The first-order valence-corrected chi connectivity index (χ1v) is 3.99. The summed E-state index contributed by atoms with van der Waals surface area (Å²) in [5.41, 5.74) is 0.114. The molecule has 0 radical (unpaired) electrons. The maximum absolute atomic E-state index is 10.6. The van der Waals surface area contributed by atoms with Crippen molar-refractivity contribution in [3.05, 3.63) is 33.3 Å². The molecule has 2 aromatic heterocycles. The summed E-state index contributed by atoms with van der Waals surface area (Å²) in [4.78, 5) is 10.6. The van der Waals surface area contributed by atoms with E-state index >= 15 is 0 Å². The molecule has 5 heteroatoms. The molecule has 0 aromatic carbocycles. The van der Waals surface area contributed by atoms with Crippen molar-refractivity contribution >= 4 is 15.9 Å². The lowest BCUT2D eigenvalue weighted by Crippen LogP contribution is -1.85. The molecule has 0 aliphatic carbocycles. The van der Waals surface area contributed by atoms with Gasteiger partial charge in [-0.25, -0.2) is 9.95 Å². The topological polar surface area (TPSA) is 59.1 Å². The summed E-state index contributed by atoms with van der Waals surface area (Å²) in [6.07, 6.45) is 0. The Morgan fingerprint density at radius 1 is 1.42 bits per heavy atom. The number of hydrogen-bond donors (Lipinski definition) is 1. The lowest BCUT2D eigenvalue weighted by molar-refractivity contribution is 0.391.